The Morgan fingerprint density at radius 1 is 1.03 bits per heavy atom. The molecule has 3 amide bonds. The first kappa shape index (κ1) is 24.5. The summed E-state index contributed by atoms with van der Waals surface area (Å²) in [4.78, 5) is 42.4. The van der Waals surface area contributed by atoms with E-state index in [-0.39, 0.29) is 17.3 Å². The molecule has 192 valence electrons. The van der Waals surface area contributed by atoms with Crippen LogP contribution in [0.2, 0.25) is 0 Å². The SMILES string of the molecule is C[C@@H]1C(=O)N(C(=O)O)[C@H]2CCN(C(=O)[C@@H]3CCCN3S(=O)(=O)c3cccc4c(N(C)C)cccc34)[C@H]12. The molecule has 0 unspecified atom stereocenters. The van der Waals surface area contributed by atoms with Crippen molar-refractivity contribution in [2.75, 3.05) is 32.1 Å². The third kappa shape index (κ3) is 3.55. The summed E-state index contributed by atoms with van der Waals surface area (Å²) < 4.78 is 29.2. The molecule has 11 heteroatoms. The zero-order valence-corrected chi connectivity index (χ0v) is 21.3. The molecule has 3 heterocycles. The number of hydrogen-bond acceptors (Lipinski definition) is 6. The van der Waals surface area contributed by atoms with Gasteiger partial charge in [-0.15, -0.1) is 0 Å². The molecular formula is C25H30N4O6S. The highest BCUT2D eigenvalue weighted by molar-refractivity contribution is 7.89. The zero-order valence-electron chi connectivity index (χ0n) is 20.5. The van der Waals surface area contributed by atoms with Crippen LogP contribution in [0.1, 0.15) is 26.2 Å². The maximum atomic E-state index is 13.9. The van der Waals surface area contributed by atoms with E-state index in [0.717, 1.165) is 16.0 Å². The quantitative estimate of drug-likeness (QED) is 0.664. The Morgan fingerprint density at radius 2 is 1.72 bits per heavy atom. The Morgan fingerprint density at radius 3 is 2.42 bits per heavy atom. The number of imide groups is 1. The van der Waals surface area contributed by atoms with Crippen molar-refractivity contribution in [3.8, 4) is 0 Å². The van der Waals surface area contributed by atoms with Crippen LogP contribution in [-0.2, 0) is 19.6 Å². The highest BCUT2D eigenvalue weighted by Gasteiger charge is 2.56. The van der Waals surface area contributed by atoms with E-state index in [2.05, 4.69) is 0 Å². The lowest BCUT2D eigenvalue weighted by atomic mass is 10.0. The van der Waals surface area contributed by atoms with Crippen LogP contribution in [0.3, 0.4) is 0 Å². The van der Waals surface area contributed by atoms with Gasteiger partial charge in [-0.1, -0.05) is 31.2 Å². The number of benzene rings is 2. The molecule has 0 radical (unpaired) electrons. The van der Waals surface area contributed by atoms with E-state index in [0.29, 0.717) is 31.2 Å². The van der Waals surface area contributed by atoms with Crippen molar-refractivity contribution in [1.82, 2.24) is 14.1 Å². The molecule has 1 N–H and O–H groups in total. The van der Waals surface area contributed by atoms with Gasteiger partial charge < -0.3 is 14.9 Å². The molecule has 10 nitrogen and oxygen atoms in total. The number of anilines is 1. The van der Waals surface area contributed by atoms with Gasteiger partial charge in [-0.3, -0.25) is 9.59 Å². The molecule has 3 aliphatic rings. The lowest BCUT2D eigenvalue weighted by Gasteiger charge is -2.32. The molecule has 4 atom stereocenters. The summed E-state index contributed by atoms with van der Waals surface area (Å²) in [7, 11) is -0.211. The van der Waals surface area contributed by atoms with Crippen molar-refractivity contribution in [3.05, 3.63) is 36.4 Å². The van der Waals surface area contributed by atoms with Crippen molar-refractivity contribution in [1.29, 1.82) is 0 Å². The number of hydrogen-bond donors (Lipinski definition) is 1. The molecule has 0 bridgehead atoms. The fourth-order valence-corrected chi connectivity index (χ4v) is 8.04. The first-order valence-corrected chi connectivity index (χ1v) is 13.6. The maximum Gasteiger partial charge on any atom is 0.414 e. The molecular weight excluding hydrogens is 484 g/mol. The van der Waals surface area contributed by atoms with Gasteiger partial charge in [0.15, 0.2) is 0 Å². The number of likely N-dealkylation sites (tertiary alicyclic amines) is 2. The van der Waals surface area contributed by atoms with Crippen LogP contribution in [0, 0.1) is 5.92 Å². The first-order chi connectivity index (χ1) is 17.1. The molecule has 0 saturated carbocycles. The summed E-state index contributed by atoms with van der Waals surface area (Å²) in [5.41, 5.74) is 0.893. The minimum atomic E-state index is -4.01. The van der Waals surface area contributed by atoms with Gasteiger partial charge in [0.05, 0.1) is 22.9 Å². The fourth-order valence-electron chi connectivity index (χ4n) is 6.18. The summed E-state index contributed by atoms with van der Waals surface area (Å²) in [6.45, 7) is 2.15. The minimum Gasteiger partial charge on any atom is -0.465 e. The molecule has 0 aliphatic carbocycles. The van der Waals surface area contributed by atoms with Gasteiger partial charge in [-0.2, -0.15) is 4.31 Å². The molecule has 5 rings (SSSR count). The lowest BCUT2D eigenvalue weighted by Crippen LogP contribution is -2.51. The standard InChI is InChI=1S/C25H30N4O6S/c1-15-22-19(29(23(15)30)25(32)33)12-14-27(22)24(31)20-10-6-13-28(20)36(34,35)21-11-5-7-16-17(21)8-4-9-18(16)26(2)3/h4-5,7-9,11,15,19-20,22H,6,10,12-14H2,1-3H3,(H,32,33)/t15-,19-,20-,22+/m0/s1. The minimum absolute atomic E-state index is 0.157. The van der Waals surface area contributed by atoms with Gasteiger partial charge in [0.25, 0.3) is 0 Å². The number of amides is 3. The van der Waals surface area contributed by atoms with Gasteiger partial charge in [-0.25, -0.2) is 18.1 Å². The molecule has 0 aromatic heterocycles. The molecule has 3 saturated heterocycles. The number of nitrogens with zero attached hydrogens (tertiary/aromatic N) is 4. The van der Waals surface area contributed by atoms with Gasteiger partial charge >= 0.3 is 6.09 Å². The molecule has 2 aromatic rings. The highest BCUT2D eigenvalue weighted by atomic mass is 32.2. The van der Waals surface area contributed by atoms with Crippen LogP contribution in [0.5, 0.6) is 0 Å². The van der Waals surface area contributed by atoms with Crippen LogP contribution in [-0.4, -0.2) is 90.8 Å². The average Bonchev–Trinajstić information content (AvgIpc) is 3.55. The van der Waals surface area contributed by atoms with E-state index in [1.807, 2.05) is 37.2 Å². The van der Waals surface area contributed by atoms with Crippen LogP contribution in [0.15, 0.2) is 41.3 Å². The number of carbonyl (C=O) groups excluding carboxylic acids is 2. The topological polar surface area (TPSA) is 119 Å². The number of carbonyl (C=O) groups is 3. The molecule has 3 aliphatic heterocycles. The van der Waals surface area contributed by atoms with Crippen molar-refractivity contribution in [2.45, 2.75) is 49.2 Å². The van der Waals surface area contributed by atoms with E-state index in [4.69, 9.17) is 0 Å². The van der Waals surface area contributed by atoms with Crippen LogP contribution < -0.4 is 4.90 Å². The number of carboxylic acid groups (broad SMARTS) is 1. The Balaban J connectivity index is 1.48. The van der Waals surface area contributed by atoms with Crippen molar-refractivity contribution >= 4 is 44.4 Å². The second-order valence-corrected chi connectivity index (χ2v) is 11.8. The van der Waals surface area contributed by atoms with Crippen LogP contribution in [0.25, 0.3) is 10.8 Å². The van der Waals surface area contributed by atoms with E-state index in [1.54, 1.807) is 30.0 Å². The van der Waals surface area contributed by atoms with E-state index < -0.39 is 46.1 Å². The van der Waals surface area contributed by atoms with E-state index >= 15 is 0 Å². The van der Waals surface area contributed by atoms with Crippen molar-refractivity contribution in [3.63, 3.8) is 0 Å². The summed E-state index contributed by atoms with van der Waals surface area (Å²) in [6, 6.07) is 8.64. The Labute approximate surface area is 210 Å². The van der Waals surface area contributed by atoms with E-state index in [1.165, 1.54) is 4.31 Å². The van der Waals surface area contributed by atoms with Gasteiger partial charge in [-0.05, 0) is 31.4 Å². The molecule has 36 heavy (non-hydrogen) atoms. The Hall–Kier alpha value is -3.18. The predicted molar refractivity (Wildman–Crippen MR) is 133 cm³/mol. The molecule has 3 fully saturated rings. The van der Waals surface area contributed by atoms with Crippen LogP contribution >= 0.6 is 0 Å². The number of fused-ring (bicyclic) bond motifs is 2. The Bertz CT molecular complexity index is 1360. The number of sulfonamides is 1. The second kappa shape index (κ2) is 8.74. The molecule has 2 aromatic carbocycles. The summed E-state index contributed by atoms with van der Waals surface area (Å²) >= 11 is 0. The van der Waals surface area contributed by atoms with Gasteiger partial charge in [0, 0.05) is 43.6 Å². The maximum absolute atomic E-state index is 13.9. The van der Waals surface area contributed by atoms with E-state index in [9.17, 15) is 27.9 Å². The molecule has 0 spiro atoms. The summed E-state index contributed by atoms with van der Waals surface area (Å²) in [5.74, 6) is -1.53. The largest absolute Gasteiger partial charge is 0.465 e. The highest BCUT2D eigenvalue weighted by Crippen LogP contribution is 2.39. The van der Waals surface area contributed by atoms with Crippen molar-refractivity contribution < 1.29 is 27.9 Å². The van der Waals surface area contributed by atoms with Crippen LogP contribution in [0.4, 0.5) is 10.5 Å². The summed E-state index contributed by atoms with van der Waals surface area (Å²) in [5, 5.41) is 10.9. The number of rotatable bonds is 4. The predicted octanol–water partition coefficient (Wildman–Crippen LogP) is 2.18. The lowest BCUT2D eigenvalue weighted by molar-refractivity contribution is -0.136. The fraction of sp³-hybridized carbons (Fsp3) is 0.480. The Kier molecular flexibility index (Phi) is 5.95. The third-order valence-corrected chi connectivity index (χ3v) is 9.76. The smallest absolute Gasteiger partial charge is 0.414 e. The van der Waals surface area contributed by atoms with Crippen molar-refractivity contribution in [2.24, 2.45) is 5.92 Å². The van der Waals surface area contributed by atoms with Gasteiger partial charge in [0.1, 0.15) is 6.04 Å². The first-order valence-electron chi connectivity index (χ1n) is 12.1. The van der Waals surface area contributed by atoms with Gasteiger partial charge in [0.2, 0.25) is 21.8 Å². The zero-order chi connectivity index (χ0) is 25.9. The monoisotopic (exact) mass is 514 g/mol. The third-order valence-electron chi connectivity index (χ3n) is 7.80. The normalized spacial score (nSPS) is 26.6. The second-order valence-electron chi connectivity index (χ2n) is 9.95. The average molecular weight is 515 g/mol. The summed E-state index contributed by atoms with van der Waals surface area (Å²) in [6.07, 6.45) is -0.0349.